The van der Waals surface area contributed by atoms with Gasteiger partial charge in [0.25, 0.3) is 0 Å². The summed E-state index contributed by atoms with van der Waals surface area (Å²) in [4.78, 5) is 0. The van der Waals surface area contributed by atoms with Crippen molar-refractivity contribution >= 4 is 0 Å². The van der Waals surface area contributed by atoms with Crippen molar-refractivity contribution in [2.24, 2.45) is 5.41 Å². The van der Waals surface area contributed by atoms with Crippen molar-refractivity contribution in [2.45, 2.75) is 25.7 Å². The van der Waals surface area contributed by atoms with Crippen molar-refractivity contribution in [1.29, 1.82) is 0 Å². The minimum Gasteiger partial charge on any atom is -0.497 e. The van der Waals surface area contributed by atoms with Gasteiger partial charge in [-0.25, -0.2) is 0 Å². The molecule has 0 amide bonds. The smallest absolute Gasteiger partial charge is 0.126 e. The average molecular weight is 236 g/mol. The number of methoxy groups -OCH3 is 2. The van der Waals surface area contributed by atoms with Gasteiger partial charge in [0.2, 0.25) is 0 Å². The molecule has 1 atom stereocenters. The highest BCUT2D eigenvalue weighted by Gasteiger charge is 2.62. The van der Waals surface area contributed by atoms with E-state index < -0.39 is 0 Å². The van der Waals surface area contributed by atoms with Crippen LogP contribution >= 0.6 is 0 Å². The number of aliphatic hydroxyl groups is 1. The summed E-state index contributed by atoms with van der Waals surface area (Å²) in [7, 11) is 3.29. The van der Waals surface area contributed by atoms with Crippen molar-refractivity contribution in [3.05, 3.63) is 23.8 Å². The first-order valence-electron chi connectivity index (χ1n) is 5.84. The molecule has 2 rings (SSSR count). The summed E-state index contributed by atoms with van der Waals surface area (Å²) in [6.45, 7) is 4.50. The summed E-state index contributed by atoms with van der Waals surface area (Å²) in [5.41, 5.74) is 1.04. The second-order valence-electron chi connectivity index (χ2n) is 5.37. The van der Waals surface area contributed by atoms with E-state index in [1.165, 1.54) is 0 Å². The molecule has 1 aliphatic rings. The van der Waals surface area contributed by atoms with E-state index in [4.69, 9.17) is 9.47 Å². The summed E-state index contributed by atoms with van der Waals surface area (Å²) in [6.07, 6.45) is 0.985. The fourth-order valence-corrected chi connectivity index (χ4v) is 2.72. The third-order valence-electron chi connectivity index (χ3n) is 4.11. The Kier molecular flexibility index (Phi) is 2.82. The molecule has 3 nitrogen and oxygen atoms in total. The molecular weight excluding hydrogens is 216 g/mol. The molecule has 1 aromatic carbocycles. The molecule has 0 spiro atoms. The number of ether oxygens (including phenoxy) is 2. The van der Waals surface area contributed by atoms with Crippen LogP contribution in [0.1, 0.15) is 25.8 Å². The van der Waals surface area contributed by atoms with Crippen LogP contribution < -0.4 is 9.47 Å². The van der Waals surface area contributed by atoms with Gasteiger partial charge in [-0.05, 0) is 17.9 Å². The van der Waals surface area contributed by atoms with E-state index in [1.54, 1.807) is 14.2 Å². The van der Waals surface area contributed by atoms with E-state index in [-0.39, 0.29) is 17.4 Å². The number of aliphatic hydroxyl groups excluding tert-OH is 1. The standard InChI is InChI=1S/C14H20O3/c1-13(2)8-14(13,9-15)11-6-5-10(16-3)7-12(11)17-4/h5-7,15H,8-9H2,1-4H3. The van der Waals surface area contributed by atoms with Crippen molar-refractivity contribution < 1.29 is 14.6 Å². The molecule has 0 heterocycles. The van der Waals surface area contributed by atoms with Crippen LogP contribution in [0.25, 0.3) is 0 Å². The molecular formula is C14H20O3. The molecule has 1 aromatic rings. The largest absolute Gasteiger partial charge is 0.497 e. The first kappa shape index (κ1) is 12.2. The van der Waals surface area contributed by atoms with Crippen molar-refractivity contribution in [1.82, 2.24) is 0 Å². The van der Waals surface area contributed by atoms with Gasteiger partial charge in [-0.1, -0.05) is 19.9 Å². The topological polar surface area (TPSA) is 38.7 Å². The van der Waals surface area contributed by atoms with Gasteiger partial charge in [0.05, 0.1) is 20.8 Å². The molecule has 0 bridgehead atoms. The molecule has 0 radical (unpaired) electrons. The van der Waals surface area contributed by atoms with Gasteiger partial charge in [-0.3, -0.25) is 0 Å². The van der Waals surface area contributed by atoms with Crippen LogP contribution in [-0.4, -0.2) is 25.9 Å². The van der Waals surface area contributed by atoms with Gasteiger partial charge in [0.15, 0.2) is 0 Å². The Morgan fingerprint density at radius 1 is 1.24 bits per heavy atom. The predicted octanol–water partition coefficient (Wildman–Crippen LogP) is 2.36. The average Bonchev–Trinajstić information content (AvgIpc) is 2.91. The molecule has 0 saturated heterocycles. The lowest BCUT2D eigenvalue weighted by Gasteiger charge is -2.21. The molecule has 1 aliphatic carbocycles. The molecule has 0 aliphatic heterocycles. The highest BCUT2D eigenvalue weighted by Crippen LogP contribution is 2.65. The van der Waals surface area contributed by atoms with Gasteiger partial charge in [0.1, 0.15) is 11.5 Å². The van der Waals surface area contributed by atoms with Crippen LogP contribution in [0.5, 0.6) is 11.5 Å². The molecule has 1 fully saturated rings. The summed E-state index contributed by atoms with van der Waals surface area (Å²) >= 11 is 0. The summed E-state index contributed by atoms with van der Waals surface area (Å²) in [6, 6.07) is 5.80. The van der Waals surface area contributed by atoms with Crippen LogP contribution in [-0.2, 0) is 5.41 Å². The zero-order chi connectivity index (χ0) is 12.7. The predicted molar refractivity (Wildman–Crippen MR) is 66.7 cm³/mol. The minimum absolute atomic E-state index is 0.129. The number of hydrogen-bond donors (Lipinski definition) is 1. The fourth-order valence-electron chi connectivity index (χ4n) is 2.72. The highest BCUT2D eigenvalue weighted by molar-refractivity contribution is 5.50. The Labute approximate surface area is 102 Å². The summed E-state index contributed by atoms with van der Waals surface area (Å²) < 4.78 is 10.6. The summed E-state index contributed by atoms with van der Waals surface area (Å²) in [5.74, 6) is 1.57. The number of benzene rings is 1. The molecule has 3 heteroatoms. The van der Waals surface area contributed by atoms with Crippen molar-refractivity contribution in [3.63, 3.8) is 0 Å². The quantitative estimate of drug-likeness (QED) is 0.872. The van der Waals surface area contributed by atoms with Crippen LogP contribution in [0.4, 0.5) is 0 Å². The first-order chi connectivity index (χ1) is 8.00. The van der Waals surface area contributed by atoms with E-state index in [0.29, 0.717) is 0 Å². The van der Waals surface area contributed by atoms with E-state index >= 15 is 0 Å². The molecule has 1 unspecified atom stereocenters. The molecule has 1 saturated carbocycles. The number of rotatable bonds is 4. The van der Waals surface area contributed by atoms with E-state index in [1.807, 2.05) is 18.2 Å². The maximum atomic E-state index is 9.71. The van der Waals surface area contributed by atoms with Crippen LogP contribution in [0, 0.1) is 5.41 Å². The van der Waals surface area contributed by atoms with Crippen LogP contribution in [0.15, 0.2) is 18.2 Å². The second-order valence-corrected chi connectivity index (χ2v) is 5.37. The van der Waals surface area contributed by atoms with Gasteiger partial charge < -0.3 is 14.6 Å². The molecule has 1 N–H and O–H groups in total. The second kappa shape index (κ2) is 3.91. The zero-order valence-electron chi connectivity index (χ0n) is 10.9. The third-order valence-corrected chi connectivity index (χ3v) is 4.11. The molecule has 0 aromatic heterocycles. The van der Waals surface area contributed by atoms with Crippen LogP contribution in [0.3, 0.4) is 0 Å². The third kappa shape index (κ3) is 1.69. The van der Waals surface area contributed by atoms with Crippen molar-refractivity contribution in [3.8, 4) is 11.5 Å². The Morgan fingerprint density at radius 3 is 2.29 bits per heavy atom. The molecule has 17 heavy (non-hydrogen) atoms. The summed E-state index contributed by atoms with van der Waals surface area (Å²) in [5, 5.41) is 9.71. The first-order valence-corrected chi connectivity index (χ1v) is 5.84. The monoisotopic (exact) mass is 236 g/mol. The van der Waals surface area contributed by atoms with E-state index in [9.17, 15) is 5.11 Å². The lowest BCUT2D eigenvalue weighted by Crippen LogP contribution is -2.20. The lowest BCUT2D eigenvalue weighted by molar-refractivity contribution is 0.227. The normalized spacial score (nSPS) is 25.5. The zero-order valence-corrected chi connectivity index (χ0v) is 10.9. The van der Waals surface area contributed by atoms with E-state index in [0.717, 1.165) is 23.5 Å². The highest BCUT2D eigenvalue weighted by atomic mass is 16.5. The maximum Gasteiger partial charge on any atom is 0.126 e. The van der Waals surface area contributed by atoms with Gasteiger partial charge in [-0.15, -0.1) is 0 Å². The van der Waals surface area contributed by atoms with Gasteiger partial charge >= 0.3 is 0 Å². The number of hydrogen-bond acceptors (Lipinski definition) is 3. The van der Waals surface area contributed by atoms with Gasteiger partial charge in [0, 0.05) is 17.0 Å². The Morgan fingerprint density at radius 2 is 1.88 bits per heavy atom. The van der Waals surface area contributed by atoms with E-state index in [2.05, 4.69) is 13.8 Å². The SMILES string of the molecule is COc1ccc(C2(CO)CC2(C)C)c(OC)c1. The Hall–Kier alpha value is -1.22. The Bertz CT molecular complexity index is 425. The van der Waals surface area contributed by atoms with Crippen LogP contribution in [0.2, 0.25) is 0 Å². The minimum atomic E-state index is -0.162. The maximum absolute atomic E-state index is 9.71. The Balaban J connectivity index is 2.46. The van der Waals surface area contributed by atoms with Gasteiger partial charge in [-0.2, -0.15) is 0 Å². The fraction of sp³-hybridized carbons (Fsp3) is 0.571. The molecule has 94 valence electrons. The van der Waals surface area contributed by atoms with Crippen molar-refractivity contribution in [2.75, 3.05) is 20.8 Å². The lowest BCUT2D eigenvalue weighted by atomic mass is 9.88.